The molecule has 1 aromatic rings. The zero-order valence-electron chi connectivity index (χ0n) is 12.1. The number of halogens is 1. The van der Waals surface area contributed by atoms with Crippen LogP contribution in [0.2, 0.25) is 0 Å². The molecule has 0 bridgehead atoms. The number of hydrogen-bond donors (Lipinski definition) is 1. The molecule has 114 valence electrons. The Morgan fingerprint density at radius 3 is 2.67 bits per heavy atom. The van der Waals surface area contributed by atoms with E-state index in [1.165, 1.54) is 0 Å². The van der Waals surface area contributed by atoms with Crippen LogP contribution in [0.1, 0.15) is 12.0 Å². The standard InChI is InChI=1S/C15H20BrN3O2/c1-12-10-13(2-3-14(12)16)17-15(21)4-5-18-6-8-19(11-20)9-7-18/h2-3,10-11H,4-9H2,1H3,(H,17,21). The summed E-state index contributed by atoms with van der Waals surface area (Å²) >= 11 is 3.44. The lowest BCUT2D eigenvalue weighted by molar-refractivity contribution is -0.120. The first-order chi connectivity index (χ1) is 10.1. The third-order valence-electron chi connectivity index (χ3n) is 3.65. The molecule has 1 aliphatic heterocycles. The van der Waals surface area contributed by atoms with Gasteiger partial charge in [-0.3, -0.25) is 14.5 Å². The normalized spacial score (nSPS) is 15.8. The molecule has 1 saturated heterocycles. The van der Waals surface area contributed by atoms with E-state index in [2.05, 4.69) is 26.1 Å². The summed E-state index contributed by atoms with van der Waals surface area (Å²) in [7, 11) is 0. The smallest absolute Gasteiger partial charge is 0.225 e. The van der Waals surface area contributed by atoms with Crippen LogP contribution in [-0.4, -0.2) is 54.8 Å². The maximum absolute atomic E-state index is 12.0. The third-order valence-corrected chi connectivity index (χ3v) is 4.54. The number of carbonyl (C=O) groups excluding carboxylic acids is 2. The van der Waals surface area contributed by atoms with E-state index in [-0.39, 0.29) is 5.91 Å². The highest BCUT2D eigenvalue weighted by molar-refractivity contribution is 9.10. The monoisotopic (exact) mass is 353 g/mol. The van der Waals surface area contributed by atoms with E-state index >= 15 is 0 Å². The van der Waals surface area contributed by atoms with Crippen molar-refractivity contribution in [3.63, 3.8) is 0 Å². The van der Waals surface area contributed by atoms with Gasteiger partial charge < -0.3 is 10.2 Å². The molecule has 1 aromatic carbocycles. The first kappa shape index (κ1) is 16.0. The van der Waals surface area contributed by atoms with Crippen molar-refractivity contribution < 1.29 is 9.59 Å². The minimum Gasteiger partial charge on any atom is -0.343 e. The molecule has 0 saturated carbocycles. The minimum absolute atomic E-state index is 0.0227. The van der Waals surface area contributed by atoms with Gasteiger partial charge in [0.2, 0.25) is 12.3 Å². The van der Waals surface area contributed by atoms with Crippen LogP contribution in [0.25, 0.3) is 0 Å². The van der Waals surface area contributed by atoms with E-state index in [0.29, 0.717) is 6.42 Å². The van der Waals surface area contributed by atoms with Crippen LogP contribution >= 0.6 is 15.9 Å². The van der Waals surface area contributed by atoms with E-state index < -0.39 is 0 Å². The average molecular weight is 354 g/mol. The van der Waals surface area contributed by atoms with Crippen LogP contribution in [0.5, 0.6) is 0 Å². The topological polar surface area (TPSA) is 52.7 Å². The van der Waals surface area contributed by atoms with E-state index in [9.17, 15) is 9.59 Å². The number of anilines is 1. The molecule has 1 fully saturated rings. The van der Waals surface area contributed by atoms with Gasteiger partial charge in [0.15, 0.2) is 0 Å². The molecule has 0 radical (unpaired) electrons. The highest BCUT2D eigenvalue weighted by Crippen LogP contribution is 2.20. The number of benzene rings is 1. The molecule has 5 nitrogen and oxygen atoms in total. The number of nitrogens with zero attached hydrogens (tertiary/aromatic N) is 2. The molecule has 0 aromatic heterocycles. The van der Waals surface area contributed by atoms with Gasteiger partial charge in [-0.1, -0.05) is 15.9 Å². The fourth-order valence-corrected chi connectivity index (χ4v) is 2.54. The summed E-state index contributed by atoms with van der Waals surface area (Å²) in [5.41, 5.74) is 1.92. The van der Waals surface area contributed by atoms with E-state index in [0.717, 1.165) is 54.9 Å². The Labute approximate surface area is 133 Å². The number of hydrogen-bond acceptors (Lipinski definition) is 3. The van der Waals surface area contributed by atoms with Crippen LogP contribution in [0.4, 0.5) is 5.69 Å². The Morgan fingerprint density at radius 2 is 2.05 bits per heavy atom. The largest absolute Gasteiger partial charge is 0.343 e. The van der Waals surface area contributed by atoms with Gasteiger partial charge in [0.05, 0.1) is 0 Å². The predicted octanol–water partition coefficient (Wildman–Crippen LogP) is 1.86. The lowest BCUT2D eigenvalue weighted by Gasteiger charge is -2.32. The van der Waals surface area contributed by atoms with Crippen molar-refractivity contribution in [2.45, 2.75) is 13.3 Å². The Kier molecular flexibility index (Phi) is 5.76. The molecule has 1 aliphatic rings. The number of piperazine rings is 1. The first-order valence-electron chi connectivity index (χ1n) is 7.06. The van der Waals surface area contributed by atoms with Crippen molar-refractivity contribution in [2.75, 3.05) is 38.0 Å². The van der Waals surface area contributed by atoms with Gasteiger partial charge in [0, 0.05) is 49.3 Å². The average Bonchev–Trinajstić information content (AvgIpc) is 2.49. The van der Waals surface area contributed by atoms with Crippen molar-refractivity contribution in [3.05, 3.63) is 28.2 Å². The number of aryl methyl sites for hydroxylation is 1. The molecular weight excluding hydrogens is 334 g/mol. The summed E-state index contributed by atoms with van der Waals surface area (Å²) in [5, 5.41) is 2.92. The highest BCUT2D eigenvalue weighted by Gasteiger charge is 2.16. The lowest BCUT2D eigenvalue weighted by Crippen LogP contribution is -2.46. The summed E-state index contributed by atoms with van der Waals surface area (Å²) in [6.45, 7) is 5.89. The molecule has 0 unspecified atom stereocenters. The molecule has 2 amide bonds. The van der Waals surface area contributed by atoms with Crippen molar-refractivity contribution in [3.8, 4) is 0 Å². The number of rotatable bonds is 5. The highest BCUT2D eigenvalue weighted by atomic mass is 79.9. The quantitative estimate of drug-likeness (QED) is 0.822. The second kappa shape index (κ2) is 7.56. The van der Waals surface area contributed by atoms with Crippen molar-refractivity contribution in [1.82, 2.24) is 9.80 Å². The second-order valence-corrected chi connectivity index (χ2v) is 6.10. The van der Waals surface area contributed by atoms with Crippen LogP contribution in [-0.2, 0) is 9.59 Å². The molecule has 0 aliphatic carbocycles. The maximum atomic E-state index is 12.0. The van der Waals surface area contributed by atoms with E-state index in [1.54, 1.807) is 4.90 Å². The number of amides is 2. The third kappa shape index (κ3) is 4.82. The summed E-state index contributed by atoms with van der Waals surface area (Å²) in [6, 6.07) is 5.77. The zero-order chi connectivity index (χ0) is 15.2. The van der Waals surface area contributed by atoms with Gasteiger partial charge in [-0.15, -0.1) is 0 Å². The molecule has 6 heteroatoms. The minimum atomic E-state index is 0.0227. The summed E-state index contributed by atoms with van der Waals surface area (Å²) in [5.74, 6) is 0.0227. The second-order valence-electron chi connectivity index (χ2n) is 5.25. The van der Waals surface area contributed by atoms with Crippen LogP contribution in [0.3, 0.4) is 0 Å². The van der Waals surface area contributed by atoms with Gasteiger partial charge >= 0.3 is 0 Å². The summed E-state index contributed by atoms with van der Waals surface area (Å²) < 4.78 is 1.04. The van der Waals surface area contributed by atoms with Gasteiger partial charge in [0.25, 0.3) is 0 Å². The number of nitrogens with one attached hydrogen (secondary N) is 1. The van der Waals surface area contributed by atoms with Crippen molar-refractivity contribution >= 4 is 33.9 Å². The van der Waals surface area contributed by atoms with Crippen LogP contribution < -0.4 is 5.32 Å². The summed E-state index contributed by atoms with van der Waals surface area (Å²) in [4.78, 5) is 26.6. The van der Waals surface area contributed by atoms with Crippen LogP contribution in [0.15, 0.2) is 22.7 Å². The van der Waals surface area contributed by atoms with Crippen molar-refractivity contribution in [2.24, 2.45) is 0 Å². The van der Waals surface area contributed by atoms with E-state index in [4.69, 9.17) is 0 Å². The molecular formula is C15H20BrN3O2. The molecule has 21 heavy (non-hydrogen) atoms. The Bertz CT molecular complexity index is 514. The lowest BCUT2D eigenvalue weighted by atomic mass is 10.2. The van der Waals surface area contributed by atoms with Gasteiger partial charge in [-0.2, -0.15) is 0 Å². The Balaban J connectivity index is 1.75. The molecule has 1 N–H and O–H groups in total. The Morgan fingerprint density at radius 1 is 1.33 bits per heavy atom. The zero-order valence-corrected chi connectivity index (χ0v) is 13.7. The predicted molar refractivity (Wildman–Crippen MR) is 86.2 cm³/mol. The molecule has 2 rings (SSSR count). The molecule has 0 atom stereocenters. The van der Waals surface area contributed by atoms with Crippen LogP contribution in [0, 0.1) is 6.92 Å². The molecule has 0 spiro atoms. The maximum Gasteiger partial charge on any atom is 0.225 e. The summed E-state index contributed by atoms with van der Waals surface area (Å²) in [6.07, 6.45) is 1.36. The van der Waals surface area contributed by atoms with Gasteiger partial charge in [0.1, 0.15) is 0 Å². The SMILES string of the molecule is Cc1cc(NC(=O)CCN2CCN(C=O)CC2)ccc1Br. The fourth-order valence-electron chi connectivity index (χ4n) is 2.30. The van der Waals surface area contributed by atoms with E-state index in [1.807, 2.05) is 25.1 Å². The van der Waals surface area contributed by atoms with Gasteiger partial charge in [-0.25, -0.2) is 0 Å². The fraction of sp³-hybridized carbons (Fsp3) is 0.467. The Hall–Kier alpha value is -1.40. The molecule has 1 heterocycles. The van der Waals surface area contributed by atoms with Gasteiger partial charge in [-0.05, 0) is 30.7 Å². The number of carbonyl (C=O) groups is 2. The van der Waals surface area contributed by atoms with Crippen molar-refractivity contribution in [1.29, 1.82) is 0 Å². The first-order valence-corrected chi connectivity index (χ1v) is 7.85.